The van der Waals surface area contributed by atoms with Crippen molar-refractivity contribution in [2.24, 2.45) is 0 Å². The monoisotopic (exact) mass is 418 g/mol. The van der Waals surface area contributed by atoms with Crippen LogP contribution in [0.15, 0.2) is 45.5 Å². The van der Waals surface area contributed by atoms with Gasteiger partial charge in [-0.15, -0.1) is 5.73 Å². The lowest BCUT2D eigenvalue weighted by molar-refractivity contribution is 0.386. The molecule has 0 radical (unpaired) electrons. The van der Waals surface area contributed by atoms with Crippen LogP contribution in [-0.2, 0) is 15.4 Å². The molecule has 0 aliphatic rings. The lowest BCUT2D eigenvalue weighted by atomic mass is 9.91. The zero-order valence-electron chi connectivity index (χ0n) is 18.0. The first-order valence-corrected chi connectivity index (χ1v) is 14.3. The Hall–Kier alpha value is -2.08. The Morgan fingerprint density at radius 3 is 2.21 bits per heavy atom. The van der Waals surface area contributed by atoms with E-state index in [2.05, 4.69) is 35.3 Å². The van der Waals surface area contributed by atoms with E-state index in [1.54, 1.807) is 24.3 Å². The van der Waals surface area contributed by atoms with Gasteiger partial charge in [0.2, 0.25) is 0 Å². The van der Waals surface area contributed by atoms with Crippen LogP contribution in [0.3, 0.4) is 0 Å². The van der Waals surface area contributed by atoms with Gasteiger partial charge in [-0.05, 0) is 32.1 Å². The van der Waals surface area contributed by atoms with Gasteiger partial charge in [0.05, 0.1) is 13.0 Å². The first-order chi connectivity index (χ1) is 12.8. The Balaban J connectivity index is 2.69. The van der Waals surface area contributed by atoms with Crippen LogP contribution in [0.25, 0.3) is 5.20 Å². The van der Waals surface area contributed by atoms with Crippen molar-refractivity contribution in [3.8, 4) is 0 Å². The molecule has 5 nitrogen and oxygen atoms in total. The van der Waals surface area contributed by atoms with E-state index in [1.807, 2.05) is 40.7 Å². The van der Waals surface area contributed by atoms with Crippen molar-refractivity contribution in [2.45, 2.75) is 64.6 Å². The average Bonchev–Trinajstić information content (AvgIpc) is 2.94. The first-order valence-electron chi connectivity index (χ1n) is 9.29. The van der Waals surface area contributed by atoms with Crippen molar-refractivity contribution in [1.82, 2.24) is 5.16 Å². The second-order valence-electron chi connectivity index (χ2n) is 8.96. The number of benzene rings is 1. The lowest BCUT2D eigenvalue weighted by Crippen LogP contribution is -2.24. The van der Waals surface area contributed by atoms with Crippen molar-refractivity contribution in [2.75, 3.05) is 4.72 Å². The molecule has 0 bridgehead atoms. The molecule has 0 amide bonds. The van der Waals surface area contributed by atoms with Gasteiger partial charge in [0.1, 0.15) is 11.4 Å². The van der Waals surface area contributed by atoms with Crippen LogP contribution in [0.2, 0.25) is 19.6 Å². The van der Waals surface area contributed by atoms with E-state index < -0.39 is 23.5 Å². The number of nitrogens with one attached hydrogen (secondary N) is 1. The highest BCUT2D eigenvalue weighted by Gasteiger charge is 2.34. The van der Waals surface area contributed by atoms with Crippen LogP contribution in [0.1, 0.15) is 44.7 Å². The number of hydrogen-bond donors (Lipinski definition) is 1. The van der Waals surface area contributed by atoms with Crippen LogP contribution < -0.4 is 4.72 Å². The molecule has 1 heterocycles. The van der Waals surface area contributed by atoms with Gasteiger partial charge in [0.15, 0.2) is 5.76 Å². The minimum atomic E-state index is -3.79. The maximum absolute atomic E-state index is 13.1. The predicted molar refractivity (Wildman–Crippen MR) is 118 cm³/mol. The molecule has 1 aromatic carbocycles. The fraction of sp³-hybridized carbons (Fsp3) is 0.429. The molecule has 0 aliphatic heterocycles. The average molecular weight is 419 g/mol. The summed E-state index contributed by atoms with van der Waals surface area (Å²) in [6.07, 6.45) is 1.82. The van der Waals surface area contributed by atoms with Crippen LogP contribution in [0.4, 0.5) is 5.69 Å². The molecular weight excluding hydrogens is 388 g/mol. The largest absolute Gasteiger partial charge is 0.354 e. The molecule has 0 saturated carbocycles. The number of hydrogen-bond acceptors (Lipinski definition) is 4. The summed E-state index contributed by atoms with van der Waals surface area (Å²) < 4.78 is 34.6. The van der Waals surface area contributed by atoms with Crippen LogP contribution in [0, 0.1) is 6.92 Å². The molecule has 2 rings (SSSR count). The second kappa shape index (κ2) is 7.74. The molecule has 28 heavy (non-hydrogen) atoms. The SMILES string of the molecule is CC=C=C(c1onc(C(C)(C)C)c1NS(=O)(=O)c1ccc(C)cc1)[Si](C)(C)C. The third-order valence-corrected chi connectivity index (χ3v) is 7.47. The Morgan fingerprint density at radius 1 is 1.18 bits per heavy atom. The number of sulfonamides is 1. The number of nitrogens with zero attached hydrogens (tertiary/aromatic N) is 1. The van der Waals surface area contributed by atoms with Crippen LogP contribution in [0.5, 0.6) is 0 Å². The molecule has 7 heteroatoms. The minimum absolute atomic E-state index is 0.203. The summed E-state index contributed by atoms with van der Waals surface area (Å²) in [7, 11) is -5.67. The normalized spacial score (nSPS) is 12.4. The molecule has 0 fully saturated rings. The Kier molecular flexibility index (Phi) is 6.14. The molecule has 1 N–H and O–H groups in total. The van der Waals surface area contributed by atoms with Gasteiger partial charge in [-0.2, -0.15) is 0 Å². The zero-order chi connectivity index (χ0) is 21.3. The van der Waals surface area contributed by atoms with Gasteiger partial charge in [-0.1, -0.05) is 63.3 Å². The van der Waals surface area contributed by atoms with Crippen molar-refractivity contribution < 1.29 is 12.9 Å². The van der Waals surface area contributed by atoms with Crippen molar-refractivity contribution in [3.63, 3.8) is 0 Å². The summed E-state index contributed by atoms with van der Waals surface area (Å²) >= 11 is 0. The molecule has 152 valence electrons. The molecule has 0 atom stereocenters. The van der Waals surface area contributed by atoms with Gasteiger partial charge in [0.25, 0.3) is 10.0 Å². The zero-order valence-corrected chi connectivity index (χ0v) is 19.8. The van der Waals surface area contributed by atoms with E-state index in [4.69, 9.17) is 4.52 Å². The Bertz CT molecular complexity index is 1020. The highest BCUT2D eigenvalue weighted by atomic mass is 32.2. The lowest BCUT2D eigenvalue weighted by Gasteiger charge is -2.20. The first kappa shape index (κ1) is 22.2. The highest BCUT2D eigenvalue weighted by Crippen LogP contribution is 2.38. The van der Waals surface area contributed by atoms with E-state index in [9.17, 15) is 8.42 Å². The molecule has 0 unspecified atom stereocenters. The van der Waals surface area contributed by atoms with Crippen molar-refractivity contribution in [1.29, 1.82) is 0 Å². The third-order valence-electron chi connectivity index (χ3n) is 4.24. The summed E-state index contributed by atoms with van der Waals surface area (Å²) in [6.45, 7) is 16.2. The summed E-state index contributed by atoms with van der Waals surface area (Å²) in [4.78, 5) is 0.203. The van der Waals surface area contributed by atoms with E-state index in [0.717, 1.165) is 10.8 Å². The van der Waals surface area contributed by atoms with Crippen LogP contribution >= 0.6 is 0 Å². The van der Waals surface area contributed by atoms with E-state index in [-0.39, 0.29) is 4.90 Å². The summed E-state index contributed by atoms with van der Waals surface area (Å²) in [6, 6.07) is 6.76. The molecule has 0 spiro atoms. The quantitative estimate of drug-likeness (QED) is 0.513. The fourth-order valence-electron chi connectivity index (χ4n) is 2.75. The third kappa shape index (κ3) is 4.84. The second-order valence-corrected chi connectivity index (χ2v) is 15.6. The van der Waals surface area contributed by atoms with Crippen molar-refractivity contribution >= 4 is 29.0 Å². The van der Waals surface area contributed by atoms with Gasteiger partial charge >= 0.3 is 0 Å². The number of aromatic nitrogens is 1. The standard InChI is InChI=1S/C21H30N2O3SSi/c1-9-10-17(28(6,7)8)19-18(20(22-26-19)21(3,4)5)23-27(24,25)16-13-11-15(2)12-14-16/h9,11-14,23H,1-8H3. The highest BCUT2D eigenvalue weighted by molar-refractivity contribution is 7.92. The molecule has 0 aliphatic carbocycles. The number of aryl methyl sites for hydroxylation is 1. The van der Waals surface area contributed by atoms with Crippen molar-refractivity contribution in [3.05, 3.63) is 53.1 Å². The Morgan fingerprint density at radius 2 is 1.75 bits per heavy atom. The maximum atomic E-state index is 13.1. The van der Waals surface area contributed by atoms with E-state index in [0.29, 0.717) is 17.1 Å². The van der Waals surface area contributed by atoms with Gasteiger partial charge in [0, 0.05) is 10.6 Å². The van der Waals surface area contributed by atoms with Crippen LogP contribution in [-0.4, -0.2) is 21.6 Å². The minimum Gasteiger partial charge on any atom is -0.354 e. The van der Waals surface area contributed by atoms with Gasteiger partial charge in [-0.25, -0.2) is 8.42 Å². The molecule has 1 aromatic heterocycles. The number of anilines is 1. The summed E-state index contributed by atoms with van der Waals surface area (Å²) in [5.74, 6) is 0.456. The summed E-state index contributed by atoms with van der Waals surface area (Å²) in [5, 5.41) is 5.13. The van der Waals surface area contributed by atoms with Gasteiger partial charge in [-0.3, -0.25) is 4.72 Å². The molecule has 0 saturated heterocycles. The van der Waals surface area contributed by atoms with E-state index in [1.165, 1.54) is 0 Å². The topological polar surface area (TPSA) is 72.2 Å². The number of allylic oxidation sites excluding steroid dienone is 1. The smallest absolute Gasteiger partial charge is 0.262 e. The van der Waals surface area contributed by atoms with Gasteiger partial charge < -0.3 is 4.52 Å². The maximum Gasteiger partial charge on any atom is 0.262 e. The molecular formula is C21H30N2O3SSi. The number of rotatable bonds is 5. The van der Waals surface area contributed by atoms with E-state index >= 15 is 0 Å². The molecule has 2 aromatic rings. The summed E-state index contributed by atoms with van der Waals surface area (Å²) in [5.41, 5.74) is 4.84. The fourth-order valence-corrected chi connectivity index (χ4v) is 5.24. The predicted octanol–water partition coefficient (Wildman–Crippen LogP) is 5.52. The Labute approximate surface area is 169 Å².